The van der Waals surface area contributed by atoms with Crippen molar-refractivity contribution in [1.29, 1.82) is 0 Å². The lowest BCUT2D eigenvalue weighted by Gasteiger charge is -2.35. The van der Waals surface area contributed by atoms with Crippen molar-refractivity contribution in [1.82, 2.24) is 14.9 Å². The lowest BCUT2D eigenvalue weighted by Crippen LogP contribution is -2.43. The molecule has 1 atom stereocenters. The zero-order valence-corrected chi connectivity index (χ0v) is 19.2. The van der Waals surface area contributed by atoms with Crippen molar-refractivity contribution in [3.63, 3.8) is 0 Å². The van der Waals surface area contributed by atoms with Gasteiger partial charge in [-0.15, -0.1) is 0 Å². The van der Waals surface area contributed by atoms with Crippen LogP contribution in [0.5, 0.6) is 5.75 Å². The van der Waals surface area contributed by atoms with E-state index in [2.05, 4.69) is 14.9 Å². The van der Waals surface area contributed by atoms with E-state index in [9.17, 15) is 17.6 Å². The number of carbonyl (C=O) groups is 1. The molecule has 4 rings (SSSR count). The molecule has 8 nitrogen and oxygen atoms in total. The second-order valence-electron chi connectivity index (χ2n) is 8.19. The summed E-state index contributed by atoms with van der Waals surface area (Å²) >= 11 is 0. The van der Waals surface area contributed by atoms with Gasteiger partial charge in [0.1, 0.15) is 16.5 Å². The number of rotatable bonds is 9. The number of nitrogens with zero attached hydrogens (tertiary/aromatic N) is 1. The molecule has 2 aromatic rings. The summed E-state index contributed by atoms with van der Waals surface area (Å²) in [6, 6.07) is 10.8. The SMILES string of the molecule is COc1ccc(C(CNC(=O)c2ccc(F)c(S(=O)(=O)NC3CC3)c2)N2CCOCC2)cc1. The summed E-state index contributed by atoms with van der Waals surface area (Å²) in [5.74, 6) is -0.614. The lowest BCUT2D eigenvalue weighted by molar-refractivity contribution is 0.0162. The standard InChI is InChI=1S/C23H28FN3O5S/c1-31-19-7-2-16(3-8-19)21(27-10-12-32-13-11-27)15-25-23(28)17-4-9-20(24)22(14-17)33(29,30)26-18-5-6-18/h2-4,7-9,14,18,21,26H,5-6,10-13,15H2,1H3,(H,25,28). The number of nitrogens with one attached hydrogen (secondary N) is 2. The van der Waals surface area contributed by atoms with E-state index in [1.54, 1.807) is 7.11 Å². The Balaban J connectivity index is 1.50. The molecule has 1 aliphatic heterocycles. The van der Waals surface area contributed by atoms with E-state index in [4.69, 9.17) is 9.47 Å². The van der Waals surface area contributed by atoms with Crippen molar-refractivity contribution in [2.24, 2.45) is 0 Å². The molecule has 1 amide bonds. The summed E-state index contributed by atoms with van der Waals surface area (Å²) in [4.78, 5) is 14.6. The van der Waals surface area contributed by atoms with Gasteiger partial charge in [0, 0.05) is 31.2 Å². The van der Waals surface area contributed by atoms with Gasteiger partial charge < -0.3 is 14.8 Å². The van der Waals surface area contributed by atoms with Crippen LogP contribution in [-0.4, -0.2) is 65.2 Å². The highest BCUT2D eigenvalue weighted by molar-refractivity contribution is 7.89. The van der Waals surface area contributed by atoms with Gasteiger partial charge in [0.25, 0.3) is 5.91 Å². The molecule has 1 saturated heterocycles. The van der Waals surface area contributed by atoms with Crippen LogP contribution in [0.2, 0.25) is 0 Å². The number of sulfonamides is 1. The van der Waals surface area contributed by atoms with Gasteiger partial charge in [0.15, 0.2) is 0 Å². The molecule has 1 saturated carbocycles. The number of hydrogen-bond donors (Lipinski definition) is 2. The Morgan fingerprint density at radius 2 is 1.88 bits per heavy atom. The molecule has 0 bridgehead atoms. The lowest BCUT2D eigenvalue weighted by atomic mass is 10.0. The summed E-state index contributed by atoms with van der Waals surface area (Å²) in [6.45, 7) is 2.95. The highest BCUT2D eigenvalue weighted by atomic mass is 32.2. The van der Waals surface area contributed by atoms with Crippen LogP contribution in [-0.2, 0) is 14.8 Å². The van der Waals surface area contributed by atoms with Crippen LogP contribution in [0.1, 0.15) is 34.8 Å². The van der Waals surface area contributed by atoms with Gasteiger partial charge in [-0.3, -0.25) is 9.69 Å². The third-order valence-corrected chi connectivity index (χ3v) is 7.36. The van der Waals surface area contributed by atoms with Crippen LogP contribution in [0.3, 0.4) is 0 Å². The van der Waals surface area contributed by atoms with Crippen molar-refractivity contribution >= 4 is 15.9 Å². The summed E-state index contributed by atoms with van der Waals surface area (Å²) < 4.78 is 52.4. The van der Waals surface area contributed by atoms with Gasteiger partial charge in [0.05, 0.1) is 26.4 Å². The molecule has 2 aromatic carbocycles. The van der Waals surface area contributed by atoms with Gasteiger partial charge in [-0.05, 0) is 48.7 Å². The van der Waals surface area contributed by atoms with E-state index in [0.717, 1.165) is 49.4 Å². The summed E-state index contributed by atoms with van der Waals surface area (Å²) in [5, 5.41) is 2.88. The van der Waals surface area contributed by atoms with E-state index < -0.39 is 26.6 Å². The molecule has 1 heterocycles. The summed E-state index contributed by atoms with van der Waals surface area (Å²) in [5.41, 5.74) is 1.09. The predicted molar refractivity (Wildman–Crippen MR) is 120 cm³/mol. The van der Waals surface area contributed by atoms with E-state index >= 15 is 0 Å². The molecule has 0 radical (unpaired) electrons. The van der Waals surface area contributed by atoms with Gasteiger partial charge in [-0.2, -0.15) is 0 Å². The minimum atomic E-state index is -4.02. The molecule has 1 aliphatic carbocycles. The maximum atomic E-state index is 14.3. The first-order valence-electron chi connectivity index (χ1n) is 10.9. The normalized spacial score (nSPS) is 18.0. The minimum absolute atomic E-state index is 0.0861. The number of halogens is 1. The topological polar surface area (TPSA) is 97.0 Å². The van der Waals surface area contributed by atoms with E-state index in [1.807, 2.05) is 24.3 Å². The van der Waals surface area contributed by atoms with Crippen LogP contribution in [0, 0.1) is 5.82 Å². The average Bonchev–Trinajstić information content (AvgIpc) is 3.63. The van der Waals surface area contributed by atoms with E-state index in [1.165, 1.54) is 6.07 Å². The van der Waals surface area contributed by atoms with Gasteiger partial charge in [0.2, 0.25) is 10.0 Å². The number of carbonyl (C=O) groups excluding carboxylic acids is 1. The fourth-order valence-corrected chi connectivity index (χ4v) is 5.21. The fraction of sp³-hybridized carbons (Fsp3) is 0.435. The van der Waals surface area contributed by atoms with Crippen molar-refractivity contribution < 1.29 is 27.1 Å². The van der Waals surface area contributed by atoms with E-state index in [-0.39, 0.29) is 17.6 Å². The van der Waals surface area contributed by atoms with Crippen LogP contribution >= 0.6 is 0 Å². The number of hydrogen-bond acceptors (Lipinski definition) is 6. The zero-order valence-electron chi connectivity index (χ0n) is 18.4. The molecular weight excluding hydrogens is 449 g/mol. The van der Waals surface area contributed by atoms with Crippen LogP contribution in [0.25, 0.3) is 0 Å². The molecule has 2 aliphatic rings. The Labute approximate surface area is 193 Å². The Morgan fingerprint density at radius 1 is 1.18 bits per heavy atom. The molecule has 0 aromatic heterocycles. The molecule has 178 valence electrons. The monoisotopic (exact) mass is 477 g/mol. The second kappa shape index (κ2) is 10.2. The predicted octanol–water partition coefficient (Wildman–Crippen LogP) is 2.08. The Hall–Kier alpha value is -2.53. The van der Waals surface area contributed by atoms with Crippen LogP contribution in [0.15, 0.2) is 47.4 Å². The largest absolute Gasteiger partial charge is 0.497 e. The molecule has 1 unspecified atom stereocenters. The van der Waals surface area contributed by atoms with Crippen LogP contribution in [0.4, 0.5) is 4.39 Å². The maximum absolute atomic E-state index is 14.3. The Morgan fingerprint density at radius 3 is 2.52 bits per heavy atom. The first kappa shape index (κ1) is 23.6. The Kier molecular flexibility index (Phi) is 7.28. The van der Waals surface area contributed by atoms with Crippen molar-refractivity contribution in [3.05, 3.63) is 59.4 Å². The van der Waals surface area contributed by atoms with E-state index in [0.29, 0.717) is 19.8 Å². The first-order valence-corrected chi connectivity index (χ1v) is 12.4. The van der Waals surface area contributed by atoms with Crippen molar-refractivity contribution in [2.45, 2.75) is 29.8 Å². The first-order chi connectivity index (χ1) is 15.9. The highest BCUT2D eigenvalue weighted by Crippen LogP contribution is 2.25. The number of benzene rings is 2. The molecule has 33 heavy (non-hydrogen) atoms. The second-order valence-corrected chi connectivity index (χ2v) is 9.87. The smallest absolute Gasteiger partial charge is 0.251 e. The number of amides is 1. The fourth-order valence-electron chi connectivity index (χ4n) is 3.80. The molecule has 2 N–H and O–H groups in total. The minimum Gasteiger partial charge on any atom is -0.497 e. The quantitative estimate of drug-likeness (QED) is 0.574. The van der Waals surface area contributed by atoms with Crippen molar-refractivity contribution in [2.75, 3.05) is 40.0 Å². The highest BCUT2D eigenvalue weighted by Gasteiger charge is 2.30. The third-order valence-electron chi connectivity index (χ3n) is 5.83. The van der Waals surface area contributed by atoms with Gasteiger partial charge in [-0.1, -0.05) is 12.1 Å². The van der Waals surface area contributed by atoms with Gasteiger partial charge >= 0.3 is 0 Å². The van der Waals surface area contributed by atoms with Gasteiger partial charge in [-0.25, -0.2) is 17.5 Å². The number of ether oxygens (including phenoxy) is 2. The zero-order chi connectivity index (χ0) is 23.4. The molecular formula is C23H28FN3O5S. The number of morpholine rings is 1. The third kappa shape index (κ3) is 5.89. The average molecular weight is 478 g/mol. The maximum Gasteiger partial charge on any atom is 0.251 e. The molecule has 0 spiro atoms. The summed E-state index contributed by atoms with van der Waals surface area (Å²) in [7, 11) is -2.42. The Bertz CT molecular complexity index is 1080. The molecule has 10 heteroatoms. The molecule has 2 fully saturated rings. The van der Waals surface area contributed by atoms with Crippen LogP contribution < -0.4 is 14.8 Å². The van der Waals surface area contributed by atoms with Crippen molar-refractivity contribution in [3.8, 4) is 5.75 Å². The summed E-state index contributed by atoms with van der Waals surface area (Å²) in [6.07, 6.45) is 1.46. The number of methoxy groups -OCH3 is 1.